The molecule has 0 aromatic carbocycles. The first-order valence-electron chi connectivity index (χ1n) is 10.8. The molecule has 27 heavy (non-hydrogen) atoms. The van der Waals surface area contributed by atoms with Gasteiger partial charge in [0.25, 0.3) is 0 Å². The number of hydrogen-bond donors (Lipinski definition) is 0. The summed E-state index contributed by atoms with van der Waals surface area (Å²) in [6.45, 7) is 15.7. The van der Waals surface area contributed by atoms with Gasteiger partial charge in [0.05, 0.1) is 12.0 Å². The molecule has 2 heteroatoms. The van der Waals surface area contributed by atoms with Gasteiger partial charge < -0.3 is 4.74 Å². The van der Waals surface area contributed by atoms with E-state index >= 15 is 0 Å². The van der Waals surface area contributed by atoms with E-state index in [2.05, 4.69) is 33.8 Å². The van der Waals surface area contributed by atoms with Crippen LogP contribution in [0.25, 0.3) is 0 Å². The molecule has 0 amide bonds. The first kappa shape index (κ1) is 20.4. The number of hydrogen-bond acceptors (Lipinski definition) is 2. The number of fused-ring (bicyclic) bond motifs is 2. The van der Waals surface area contributed by atoms with Crippen LogP contribution in [0.1, 0.15) is 87.0 Å². The Hall–Kier alpha value is -1.31. The fraction of sp³-hybridized carbons (Fsp3) is 0.720. The van der Waals surface area contributed by atoms with Crippen LogP contribution in [-0.4, -0.2) is 12.6 Å². The molecule has 150 valence electrons. The van der Waals surface area contributed by atoms with E-state index in [1.165, 1.54) is 25.7 Å². The minimum absolute atomic E-state index is 0.0938. The summed E-state index contributed by atoms with van der Waals surface area (Å²) in [5.74, 6) is 0.914. The molecule has 0 unspecified atom stereocenters. The van der Waals surface area contributed by atoms with Crippen LogP contribution in [0.3, 0.4) is 0 Å². The lowest BCUT2D eigenvalue weighted by molar-refractivity contribution is -0.153. The third kappa shape index (κ3) is 3.96. The van der Waals surface area contributed by atoms with Crippen LogP contribution in [-0.2, 0) is 9.53 Å². The first-order valence-corrected chi connectivity index (χ1v) is 10.8. The van der Waals surface area contributed by atoms with Crippen molar-refractivity contribution in [2.24, 2.45) is 22.7 Å². The second-order valence-corrected chi connectivity index (χ2v) is 10.5. The van der Waals surface area contributed by atoms with Crippen molar-refractivity contribution in [3.63, 3.8) is 0 Å². The summed E-state index contributed by atoms with van der Waals surface area (Å²) in [5.41, 5.74) is 7.96. The predicted molar refractivity (Wildman–Crippen MR) is 112 cm³/mol. The molecule has 0 bridgehead atoms. The number of allylic oxidation sites excluding steroid dienone is 5. The Balaban J connectivity index is 1.85. The molecule has 0 saturated carbocycles. The van der Waals surface area contributed by atoms with Gasteiger partial charge in [0.15, 0.2) is 0 Å². The molecule has 2 nitrogen and oxygen atoms in total. The molecule has 3 aliphatic carbocycles. The van der Waals surface area contributed by atoms with Gasteiger partial charge in [0.2, 0.25) is 0 Å². The zero-order valence-corrected chi connectivity index (χ0v) is 18.5. The van der Waals surface area contributed by atoms with E-state index in [4.69, 9.17) is 4.74 Å². The predicted octanol–water partition coefficient (Wildman–Crippen LogP) is 6.78. The van der Waals surface area contributed by atoms with Crippen molar-refractivity contribution in [2.75, 3.05) is 6.61 Å². The Morgan fingerprint density at radius 1 is 1.30 bits per heavy atom. The molecule has 0 fully saturated rings. The number of esters is 1. The molecule has 3 atom stereocenters. The minimum Gasteiger partial charge on any atom is -0.465 e. The van der Waals surface area contributed by atoms with Crippen LogP contribution in [0.2, 0.25) is 0 Å². The zero-order valence-electron chi connectivity index (χ0n) is 18.5. The molecule has 0 heterocycles. The van der Waals surface area contributed by atoms with Crippen molar-refractivity contribution in [1.29, 1.82) is 0 Å². The lowest BCUT2D eigenvalue weighted by Gasteiger charge is -2.34. The highest BCUT2D eigenvalue weighted by Crippen LogP contribution is 2.55. The topological polar surface area (TPSA) is 26.3 Å². The highest BCUT2D eigenvalue weighted by atomic mass is 16.5. The highest BCUT2D eigenvalue weighted by molar-refractivity contribution is 5.75. The Kier molecular flexibility index (Phi) is 5.49. The monoisotopic (exact) mass is 370 g/mol. The van der Waals surface area contributed by atoms with Crippen molar-refractivity contribution in [3.8, 4) is 0 Å². The Bertz CT molecular complexity index is 713. The molecule has 0 saturated heterocycles. The summed E-state index contributed by atoms with van der Waals surface area (Å²) in [4.78, 5) is 12.2. The maximum absolute atomic E-state index is 12.2. The number of carbonyl (C=O) groups excluding carboxylic acids is 1. The van der Waals surface area contributed by atoms with Gasteiger partial charge >= 0.3 is 5.97 Å². The lowest BCUT2D eigenvalue weighted by Crippen LogP contribution is -2.25. The van der Waals surface area contributed by atoms with Gasteiger partial charge in [-0.15, -0.1) is 0 Å². The maximum Gasteiger partial charge on any atom is 0.311 e. The van der Waals surface area contributed by atoms with Gasteiger partial charge in [-0.1, -0.05) is 47.8 Å². The van der Waals surface area contributed by atoms with Gasteiger partial charge in [-0.05, 0) is 78.6 Å². The Morgan fingerprint density at radius 2 is 2.00 bits per heavy atom. The maximum atomic E-state index is 12.2. The molecule has 0 spiro atoms. The van der Waals surface area contributed by atoms with Gasteiger partial charge in [0, 0.05) is 11.8 Å². The van der Waals surface area contributed by atoms with Gasteiger partial charge in [-0.3, -0.25) is 4.79 Å². The fourth-order valence-corrected chi connectivity index (χ4v) is 5.33. The van der Waals surface area contributed by atoms with E-state index in [9.17, 15) is 4.79 Å². The van der Waals surface area contributed by atoms with Crippen LogP contribution < -0.4 is 0 Å². The highest BCUT2D eigenvalue weighted by Gasteiger charge is 2.41. The van der Waals surface area contributed by atoms with E-state index in [1.807, 2.05) is 20.8 Å². The normalized spacial score (nSPS) is 31.7. The quantitative estimate of drug-likeness (QED) is 0.404. The Morgan fingerprint density at radius 3 is 2.67 bits per heavy atom. The second kappa shape index (κ2) is 7.26. The summed E-state index contributed by atoms with van der Waals surface area (Å²) in [6.07, 6.45) is 9.78. The minimum atomic E-state index is -0.427. The molecule has 0 aromatic heterocycles. The molecular weight excluding hydrogens is 332 g/mol. The number of carbonyl (C=O) groups is 1. The molecular formula is C25H38O2. The van der Waals surface area contributed by atoms with E-state index in [1.54, 1.807) is 27.9 Å². The van der Waals surface area contributed by atoms with E-state index in [-0.39, 0.29) is 11.4 Å². The summed E-state index contributed by atoms with van der Waals surface area (Å²) >= 11 is 0. The fourth-order valence-electron chi connectivity index (χ4n) is 5.33. The van der Waals surface area contributed by atoms with Crippen LogP contribution in [0.4, 0.5) is 0 Å². The van der Waals surface area contributed by atoms with Gasteiger partial charge in [0.1, 0.15) is 0 Å². The standard InChI is InChI=1S/C25H38O2/c1-16-9-11-22-20(18(3)15-27-23(26)24(4,5)6)12-13-25(22,7)14-21-17(2)8-10-19(16)21/h9,18-19H,8,10-15H2,1-7H3/b16-9-/t18-,19+,25-/m1/s1. The average Bonchev–Trinajstić information content (AvgIpc) is 3.09. The van der Waals surface area contributed by atoms with Crippen molar-refractivity contribution in [1.82, 2.24) is 0 Å². The molecule has 0 N–H and O–H groups in total. The van der Waals surface area contributed by atoms with Gasteiger partial charge in [-0.2, -0.15) is 0 Å². The Labute approximate surface area is 166 Å². The third-order valence-corrected chi connectivity index (χ3v) is 7.27. The van der Waals surface area contributed by atoms with Crippen molar-refractivity contribution in [2.45, 2.75) is 87.0 Å². The van der Waals surface area contributed by atoms with Crippen LogP contribution >= 0.6 is 0 Å². The zero-order chi connectivity index (χ0) is 20.0. The second-order valence-electron chi connectivity index (χ2n) is 10.5. The largest absolute Gasteiger partial charge is 0.465 e. The van der Waals surface area contributed by atoms with Crippen molar-refractivity contribution >= 4 is 5.97 Å². The SMILES string of the molecule is CC1=C2C[C@@]3(C)CCC([C@H](C)COC(=O)C(C)(C)C)=C3C/C=C(/C)[C@@H]2CC1. The molecule has 0 aromatic rings. The average molecular weight is 371 g/mol. The summed E-state index contributed by atoms with van der Waals surface area (Å²) < 4.78 is 5.66. The summed E-state index contributed by atoms with van der Waals surface area (Å²) in [6, 6.07) is 0. The van der Waals surface area contributed by atoms with Crippen molar-refractivity contribution < 1.29 is 9.53 Å². The molecule has 3 rings (SSSR count). The summed E-state index contributed by atoms with van der Waals surface area (Å²) in [5, 5.41) is 0. The first-order chi connectivity index (χ1) is 12.5. The van der Waals surface area contributed by atoms with Crippen molar-refractivity contribution in [3.05, 3.63) is 33.9 Å². The molecule has 3 aliphatic rings. The van der Waals surface area contributed by atoms with Gasteiger partial charge in [-0.25, -0.2) is 0 Å². The molecule has 0 aliphatic heterocycles. The number of ether oxygens (including phenoxy) is 1. The smallest absolute Gasteiger partial charge is 0.311 e. The number of rotatable bonds is 3. The van der Waals surface area contributed by atoms with E-state index < -0.39 is 5.41 Å². The van der Waals surface area contributed by atoms with E-state index in [0.29, 0.717) is 18.4 Å². The van der Waals surface area contributed by atoms with Crippen LogP contribution in [0.5, 0.6) is 0 Å². The molecule has 0 radical (unpaired) electrons. The lowest BCUT2D eigenvalue weighted by atomic mass is 9.71. The summed E-state index contributed by atoms with van der Waals surface area (Å²) in [7, 11) is 0. The van der Waals surface area contributed by atoms with E-state index in [0.717, 1.165) is 12.8 Å². The van der Waals surface area contributed by atoms with Crippen LogP contribution in [0.15, 0.2) is 33.9 Å². The third-order valence-electron chi connectivity index (χ3n) is 7.27. The van der Waals surface area contributed by atoms with Crippen LogP contribution in [0, 0.1) is 22.7 Å².